The fraction of sp³-hybridized carbons (Fsp3) is 0.333. The van der Waals surface area contributed by atoms with Crippen molar-refractivity contribution in [3.05, 3.63) is 83.4 Å². The number of benzene rings is 2. The summed E-state index contributed by atoms with van der Waals surface area (Å²) in [6.07, 6.45) is -0.947. The molecule has 4 N–H and O–H groups in total. The van der Waals surface area contributed by atoms with Crippen molar-refractivity contribution in [2.24, 2.45) is 11.7 Å². The summed E-state index contributed by atoms with van der Waals surface area (Å²) < 4.78 is 70.2. The molecule has 2 aromatic carbocycles. The van der Waals surface area contributed by atoms with E-state index in [1.165, 1.54) is 24.3 Å². The number of nitrogens with two attached hydrogens (primary N) is 1. The summed E-state index contributed by atoms with van der Waals surface area (Å²) in [5, 5.41) is 14.2. The van der Waals surface area contributed by atoms with E-state index >= 15 is 0 Å². The number of aromatic nitrogens is 2. The van der Waals surface area contributed by atoms with Crippen molar-refractivity contribution in [1.29, 1.82) is 0 Å². The number of ether oxygens (including phenoxy) is 2. The lowest BCUT2D eigenvalue weighted by Gasteiger charge is -2.32. The smallest absolute Gasteiger partial charge is 0.424 e. The zero-order valence-electron chi connectivity index (χ0n) is 24.2. The van der Waals surface area contributed by atoms with Gasteiger partial charge in [0.1, 0.15) is 40.5 Å². The molecule has 7 rings (SSSR count). The second kappa shape index (κ2) is 10.6. The minimum atomic E-state index is -5.34. The number of rotatable bonds is 9. The lowest BCUT2D eigenvalue weighted by molar-refractivity contribution is -0.265. The number of nitrogens with one attached hydrogen (secondary N) is 1. The quantitative estimate of drug-likeness (QED) is 0.227. The maximum atomic E-state index is 14.9. The van der Waals surface area contributed by atoms with E-state index in [1.54, 1.807) is 18.3 Å². The van der Waals surface area contributed by atoms with Crippen LogP contribution in [0.25, 0.3) is 22.2 Å². The molecule has 46 heavy (non-hydrogen) atoms. The van der Waals surface area contributed by atoms with Gasteiger partial charge in [-0.25, -0.2) is 9.37 Å². The van der Waals surface area contributed by atoms with Crippen LogP contribution in [0.1, 0.15) is 47.3 Å². The van der Waals surface area contributed by atoms with Crippen molar-refractivity contribution in [3.8, 4) is 22.8 Å². The number of hydrogen-bond acceptors (Lipinski definition) is 7. The highest BCUT2D eigenvalue weighted by atomic mass is 19.4. The van der Waals surface area contributed by atoms with Crippen LogP contribution < -0.4 is 20.5 Å². The van der Waals surface area contributed by atoms with Crippen molar-refractivity contribution < 1.29 is 41.7 Å². The van der Waals surface area contributed by atoms with Gasteiger partial charge in [0, 0.05) is 28.3 Å². The number of halogens is 4. The van der Waals surface area contributed by atoms with Crippen LogP contribution >= 0.6 is 0 Å². The van der Waals surface area contributed by atoms with Crippen LogP contribution in [0.3, 0.4) is 0 Å². The van der Waals surface area contributed by atoms with Gasteiger partial charge in [-0.15, -0.1) is 0 Å². The van der Waals surface area contributed by atoms with Crippen LogP contribution in [0.5, 0.6) is 11.5 Å². The van der Waals surface area contributed by atoms with E-state index in [1.807, 2.05) is 0 Å². The SMILES string of the molecule is NC(=O)[C@@]1(C2CC2)COc2c1cc([C@@](O)(CNC(=O)c1cc(OC3CC3)c3ncccc3c1)C(F)(F)F)nc2-c1ccc(F)cc1. The maximum Gasteiger partial charge on any atom is 0.424 e. The Morgan fingerprint density at radius 2 is 1.83 bits per heavy atom. The van der Waals surface area contributed by atoms with E-state index in [9.17, 15) is 32.3 Å². The van der Waals surface area contributed by atoms with Crippen LogP contribution in [-0.4, -0.2) is 52.3 Å². The van der Waals surface area contributed by atoms with Gasteiger partial charge in [-0.2, -0.15) is 13.2 Å². The van der Waals surface area contributed by atoms with Gasteiger partial charge in [0.25, 0.3) is 5.91 Å². The molecule has 2 aromatic heterocycles. The molecule has 0 saturated heterocycles. The molecule has 4 aromatic rings. The summed E-state index contributed by atoms with van der Waals surface area (Å²) in [7, 11) is 0. The Bertz CT molecular complexity index is 1880. The Morgan fingerprint density at radius 1 is 1.09 bits per heavy atom. The summed E-state index contributed by atoms with van der Waals surface area (Å²) in [6, 6.07) is 12.0. The molecule has 238 valence electrons. The van der Waals surface area contributed by atoms with E-state index in [0.29, 0.717) is 29.5 Å². The molecule has 1 aliphatic heterocycles. The van der Waals surface area contributed by atoms with E-state index in [2.05, 4.69) is 15.3 Å². The summed E-state index contributed by atoms with van der Waals surface area (Å²) in [5.41, 5.74) is 0.431. The average molecular weight is 637 g/mol. The number of fused-ring (bicyclic) bond motifs is 2. The Morgan fingerprint density at radius 3 is 2.48 bits per heavy atom. The van der Waals surface area contributed by atoms with Crippen molar-refractivity contribution >= 4 is 22.7 Å². The molecule has 0 spiro atoms. The molecule has 3 heterocycles. The van der Waals surface area contributed by atoms with E-state index in [4.69, 9.17) is 15.2 Å². The summed E-state index contributed by atoms with van der Waals surface area (Å²) in [4.78, 5) is 34.7. The predicted molar refractivity (Wildman–Crippen MR) is 156 cm³/mol. The zero-order valence-corrected chi connectivity index (χ0v) is 24.2. The van der Waals surface area contributed by atoms with Crippen LogP contribution in [0.4, 0.5) is 17.6 Å². The summed E-state index contributed by atoms with van der Waals surface area (Å²) >= 11 is 0. The first-order valence-electron chi connectivity index (χ1n) is 14.8. The molecule has 2 fully saturated rings. The molecule has 2 atom stereocenters. The number of hydrogen-bond donors (Lipinski definition) is 3. The first-order valence-corrected chi connectivity index (χ1v) is 14.8. The fourth-order valence-electron chi connectivity index (χ4n) is 6.00. The monoisotopic (exact) mass is 636 g/mol. The number of carbonyl (C=O) groups excluding carboxylic acids is 2. The molecular weight excluding hydrogens is 608 g/mol. The third-order valence-corrected chi connectivity index (χ3v) is 8.88. The van der Waals surface area contributed by atoms with Gasteiger partial charge in [-0.05, 0) is 80.1 Å². The molecular formula is C33H28F4N4O5. The van der Waals surface area contributed by atoms with Crippen LogP contribution in [0.15, 0.2) is 60.8 Å². The van der Waals surface area contributed by atoms with Gasteiger partial charge in [0.05, 0.1) is 18.3 Å². The average Bonchev–Trinajstić information content (AvgIpc) is 3.98. The molecule has 13 heteroatoms. The van der Waals surface area contributed by atoms with Gasteiger partial charge in [-0.1, -0.05) is 6.07 Å². The van der Waals surface area contributed by atoms with Crippen molar-refractivity contribution in [2.45, 2.75) is 49.0 Å². The Hall–Kier alpha value is -4.78. The highest BCUT2D eigenvalue weighted by molar-refractivity contribution is 6.00. The Kier molecular flexibility index (Phi) is 6.92. The fourth-order valence-corrected chi connectivity index (χ4v) is 6.00. The van der Waals surface area contributed by atoms with Gasteiger partial charge in [-0.3, -0.25) is 14.6 Å². The number of aliphatic hydroxyl groups is 1. The third-order valence-electron chi connectivity index (χ3n) is 8.88. The second-order valence-electron chi connectivity index (χ2n) is 12.0. The van der Waals surface area contributed by atoms with Crippen molar-refractivity contribution in [3.63, 3.8) is 0 Å². The van der Waals surface area contributed by atoms with Gasteiger partial charge >= 0.3 is 6.18 Å². The highest BCUT2D eigenvalue weighted by Crippen LogP contribution is 2.56. The zero-order chi connectivity index (χ0) is 32.4. The molecule has 2 amide bonds. The van der Waals surface area contributed by atoms with Crippen molar-refractivity contribution in [1.82, 2.24) is 15.3 Å². The van der Waals surface area contributed by atoms with E-state index in [-0.39, 0.29) is 46.8 Å². The van der Waals surface area contributed by atoms with E-state index < -0.39 is 47.1 Å². The van der Waals surface area contributed by atoms with Crippen LogP contribution in [0, 0.1) is 11.7 Å². The molecule has 0 radical (unpaired) electrons. The van der Waals surface area contributed by atoms with Crippen molar-refractivity contribution in [2.75, 3.05) is 13.2 Å². The first kappa shape index (κ1) is 29.9. The number of pyridine rings is 2. The molecule has 3 aliphatic rings. The third kappa shape index (κ3) is 4.98. The van der Waals surface area contributed by atoms with Gasteiger partial charge in [0.2, 0.25) is 11.5 Å². The number of primary amides is 1. The maximum absolute atomic E-state index is 14.9. The number of nitrogens with zero attached hydrogens (tertiary/aromatic N) is 2. The van der Waals surface area contributed by atoms with Gasteiger partial charge in [0.15, 0.2) is 0 Å². The number of alkyl halides is 3. The topological polar surface area (TPSA) is 137 Å². The predicted octanol–water partition coefficient (Wildman–Crippen LogP) is 4.68. The largest absolute Gasteiger partial charge is 0.489 e. The normalized spacial score (nSPS) is 20.5. The minimum absolute atomic E-state index is 0.00414. The first-order chi connectivity index (χ1) is 21.9. The Balaban J connectivity index is 1.29. The lowest BCUT2D eigenvalue weighted by Crippen LogP contribution is -2.52. The number of amides is 2. The summed E-state index contributed by atoms with van der Waals surface area (Å²) in [5.74, 6) is -2.20. The summed E-state index contributed by atoms with van der Waals surface area (Å²) in [6.45, 7) is -1.54. The molecule has 0 unspecified atom stereocenters. The number of carbonyl (C=O) groups is 2. The standard InChI is InChI=1S/C33H28F4N4O5/c34-21-7-3-17(4-8-21)27-28-23(31(16-45-28,30(38)43)20-5-6-20)14-25(41-27)32(44,33(35,36)37)15-40-29(42)19-12-18-2-1-11-39-26(18)24(13-19)46-22-9-10-22/h1-4,7-8,11-14,20,22,44H,5-6,9-10,15-16H2,(H2,38,43)(H,40,42)/t31-,32+/m1/s1. The van der Waals surface area contributed by atoms with E-state index in [0.717, 1.165) is 31.0 Å². The van der Waals surface area contributed by atoms with Gasteiger partial charge < -0.3 is 25.6 Å². The lowest BCUT2D eigenvalue weighted by atomic mass is 9.76. The van der Waals surface area contributed by atoms with Crippen LogP contribution in [0.2, 0.25) is 0 Å². The van der Waals surface area contributed by atoms with Crippen LogP contribution in [-0.2, 0) is 15.8 Å². The minimum Gasteiger partial charge on any atom is -0.489 e. The highest BCUT2D eigenvalue weighted by Gasteiger charge is 2.60. The molecule has 2 aliphatic carbocycles. The molecule has 9 nitrogen and oxygen atoms in total. The molecule has 0 bridgehead atoms. The second-order valence-corrected chi connectivity index (χ2v) is 12.0. The Labute approximate surface area is 259 Å². The molecule has 2 saturated carbocycles.